The molecule has 0 aromatic carbocycles. The van der Waals surface area contributed by atoms with Gasteiger partial charge in [-0.2, -0.15) is 0 Å². The number of aromatic nitrogens is 1. The van der Waals surface area contributed by atoms with E-state index in [9.17, 15) is 0 Å². The Morgan fingerprint density at radius 1 is 1.29 bits per heavy atom. The molecule has 1 N–H and O–H groups in total. The quantitative estimate of drug-likeness (QED) is 0.776. The molecule has 0 spiro atoms. The Bertz CT molecular complexity index is 242. The summed E-state index contributed by atoms with van der Waals surface area (Å²) in [6.07, 6.45) is 4.20. The Balaban J connectivity index is 2.54. The monoisotopic (exact) mass is 192 g/mol. The van der Waals surface area contributed by atoms with Gasteiger partial charge in [0, 0.05) is 18.3 Å². The predicted octanol–water partition coefficient (Wildman–Crippen LogP) is 2.92. The van der Waals surface area contributed by atoms with Crippen molar-refractivity contribution in [3.8, 4) is 0 Å². The molecule has 78 valence electrons. The zero-order valence-electron chi connectivity index (χ0n) is 9.33. The highest BCUT2D eigenvalue weighted by molar-refractivity contribution is 5.07. The molecule has 2 nitrogen and oxygen atoms in total. The number of nitrogens with one attached hydrogen (secondary N) is 1. The van der Waals surface area contributed by atoms with Gasteiger partial charge in [0.1, 0.15) is 0 Å². The predicted molar refractivity (Wildman–Crippen MR) is 60.2 cm³/mol. The van der Waals surface area contributed by atoms with Crippen LogP contribution in [0.3, 0.4) is 0 Å². The third kappa shape index (κ3) is 3.11. The van der Waals surface area contributed by atoms with Crippen LogP contribution in [-0.2, 0) is 0 Å². The smallest absolute Gasteiger partial charge is 0.0570 e. The largest absolute Gasteiger partial charge is 0.306 e. The van der Waals surface area contributed by atoms with Crippen molar-refractivity contribution in [2.75, 3.05) is 0 Å². The van der Waals surface area contributed by atoms with E-state index in [1.54, 1.807) is 0 Å². The van der Waals surface area contributed by atoms with Crippen molar-refractivity contribution in [2.24, 2.45) is 0 Å². The summed E-state index contributed by atoms with van der Waals surface area (Å²) in [7, 11) is 0. The van der Waals surface area contributed by atoms with Crippen LogP contribution in [0.4, 0.5) is 0 Å². The first-order chi connectivity index (χ1) is 6.77. The normalized spacial score (nSPS) is 13.1. The van der Waals surface area contributed by atoms with Gasteiger partial charge in [0.2, 0.25) is 0 Å². The minimum absolute atomic E-state index is 0.348. The molecular formula is C12H20N2. The van der Waals surface area contributed by atoms with Gasteiger partial charge in [-0.15, -0.1) is 0 Å². The summed E-state index contributed by atoms with van der Waals surface area (Å²) >= 11 is 0. The summed E-state index contributed by atoms with van der Waals surface area (Å²) in [5.74, 6) is 0. The van der Waals surface area contributed by atoms with Gasteiger partial charge in [-0.05, 0) is 31.9 Å². The second kappa shape index (κ2) is 5.76. The number of hydrogen-bond acceptors (Lipinski definition) is 2. The number of rotatable bonds is 5. The number of hydrogen-bond donors (Lipinski definition) is 1. The molecule has 0 radical (unpaired) electrons. The Morgan fingerprint density at radius 2 is 2.00 bits per heavy atom. The number of nitrogens with zero attached hydrogens (tertiary/aromatic N) is 1. The molecule has 14 heavy (non-hydrogen) atoms. The fourth-order valence-electron chi connectivity index (χ4n) is 1.60. The lowest BCUT2D eigenvalue weighted by Crippen LogP contribution is -2.30. The summed E-state index contributed by atoms with van der Waals surface area (Å²) in [4.78, 5) is 4.34. The van der Waals surface area contributed by atoms with Gasteiger partial charge >= 0.3 is 0 Å². The van der Waals surface area contributed by atoms with Crippen LogP contribution >= 0.6 is 0 Å². The summed E-state index contributed by atoms with van der Waals surface area (Å²) in [5, 5.41) is 3.57. The van der Waals surface area contributed by atoms with Gasteiger partial charge in [-0.25, -0.2) is 0 Å². The maximum Gasteiger partial charge on any atom is 0.0570 e. The van der Waals surface area contributed by atoms with Gasteiger partial charge in [-0.1, -0.05) is 19.9 Å². The molecular weight excluding hydrogens is 172 g/mol. The fourth-order valence-corrected chi connectivity index (χ4v) is 1.60. The van der Waals surface area contributed by atoms with E-state index < -0.39 is 0 Å². The third-order valence-corrected chi connectivity index (χ3v) is 2.60. The highest BCUT2D eigenvalue weighted by atomic mass is 15.0. The summed E-state index contributed by atoms with van der Waals surface area (Å²) in [6, 6.07) is 7.01. The van der Waals surface area contributed by atoms with Crippen molar-refractivity contribution in [1.29, 1.82) is 0 Å². The van der Waals surface area contributed by atoms with E-state index in [2.05, 4.69) is 37.1 Å². The van der Waals surface area contributed by atoms with E-state index in [0.717, 1.165) is 5.69 Å². The van der Waals surface area contributed by atoms with Crippen molar-refractivity contribution in [2.45, 2.75) is 45.7 Å². The Kier molecular flexibility index (Phi) is 4.60. The zero-order valence-corrected chi connectivity index (χ0v) is 9.33. The van der Waals surface area contributed by atoms with Crippen LogP contribution in [0, 0.1) is 0 Å². The fraction of sp³-hybridized carbons (Fsp3) is 0.583. The molecule has 1 aromatic heterocycles. The highest BCUT2D eigenvalue weighted by Crippen LogP contribution is 2.10. The molecule has 0 bridgehead atoms. The van der Waals surface area contributed by atoms with Crippen molar-refractivity contribution in [3.05, 3.63) is 30.1 Å². The second-order valence-electron chi connectivity index (χ2n) is 3.66. The van der Waals surface area contributed by atoms with Crippen LogP contribution in [0.2, 0.25) is 0 Å². The van der Waals surface area contributed by atoms with Gasteiger partial charge in [0.15, 0.2) is 0 Å². The Morgan fingerprint density at radius 3 is 2.50 bits per heavy atom. The van der Waals surface area contributed by atoms with Crippen molar-refractivity contribution < 1.29 is 0 Å². The van der Waals surface area contributed by atoms with Crippen molar-refractivity contribution in [1.82, 2.24) is 10.3 Å². The molecule has 1 aromatic rings. The average molecular weight is 192 g/mol. The summed E-state index contributed by atoms with van der Waals surface area (Å²) in [5.41, 5.74) is 1.12. The molecule has 0 saturated heterocycles. The molecule has 1 rings (SSSR count). The molecule has 0 unspecified atom stereocenters. The van der Waals surface area contributed by atoms with Crippen LogP contribution in [0.1, 0.15) is 45.3 Å². The van der Waals surface area contributed by atoms with Crippen LogP contribution in [-0.4, -0.2) is 11.0 Å². The van der Waals surface area contributed by atoms with E-state index in [1.165, 1.54) is 12.8 Å². The Labute approximate surface area is 86.8 Å². The van der Waals surface area contributed by atoms with Crippen LogP contribution < -0.4 is 5.32 Å². The lowest BCUT2D eigenvalue weighted by atomic mass is 10.1. The molecule has 1 heterocycles. The molecule has 0 saturated carbocycles. The first kappa shape index (κ1) is 11.2. The number of pyridine rings is 1. The lowest BCUT2D eigenvalue weighted by molar-refractivity contribution is 0.427. The minimum atomic E-state index is 0.348. The van der Waals surface area contributed by atoms with Crippen LogP contribution in [0.5, 0.6) is 0 Å². The molecule has 0 fully saturated rings. The average Bonchev–Trinajstić information content (AvgIpc) is 2.26. The van der Waals surface area contributed by atoms with E-state index in [0.29, 0.717) is 12.1 Å². The maximum atomic E-state index is 4.34. The zero-order chi connectivity index (χ0) is 10.4. The van der Waals surface area contributed by atoms with Crippen LogP contribution in [0.15, 0.2) is 24.4 Å². The first-order valence-electron chi connectivity index (χ1n) is 5.44. The summed E-state index contributed by atoms with van der Waals surface area (Å²) in [6.45, 7) is 6.60. The van der Waals surface area contributed by atoms with Crippen molar-refractivity contribution >= 4 is 0 Å². The van der Waals surface area contributed by atoms with E-state index in [-0.39, 0.29) is 0 Å². The molecule has 0 aliphatic rings. The highest BCUT2D eigenvalue weighted by Gasteiger charge is 2.10. The Hall–Kier alpha value is -0.890. The SMILES string of the molecule is CCC(CC)N[C@H](C)c1ccccn1. The topological polar surface area (TPSA) is 24.9 Å². The second-order valence-corrected chi connectivity index (χ2v) is 3.66. The first-order valence-corrected chi connectivity index (χ1v) is 5.44. The van der Waals surface area contributed by atoms with Crippen LogP contribution in [0.25, 0.3) is 0 Å². The van der Waals surface area contributed by atoms with Gasteiger partial charge < -0.3 is 5.32 Å². The van der Waals surface area contributed by atoms with E-state index in [4.69, 9.17) is 0 Å². The molecule has 0 aliphatic heterocycles. The van der Waals surface area contributed by atoms with Gasteiger partial charge in [0.05, 0.1) is 5.69 Å². The molecule has 2 heteroatoms. The van der Waals surface area contributed by atoms with E-state index in [1.807, 2.05) is 18.3 Å². The van der Waals surface area contributed by atoms with Gasteiger partial charge in [0.25, 0.3) is 0 Å². The molecule has 0 amide bonds. The lowest BCUT2D eigenvalue weighted by Gasteiger charge is -2.20. The standard InChI is InChI=1S/C12H20N2/c1-4-11(5-2)14-10(3)12-8-6-7-9-13-12/h6-11,14H,4-5H2,1-3H3/t10-/m1/s1. The molecule has 0 aliphatic carbocycles. The summed E-state index contributed by atoms with van der Waals surface area (Å²) < 4.78 is 0. The van der Waals surface area contributed by atoms with Gasteiger partial charge in [-0.3, -0.25) is 4.98 Å². The maximum absolute atomic E-state index is 4.34. The van der Waals surface area contributed by atoms with E-state index >= 15 is 0 Å². The molecule has 1 atom stereocenters. The minimum Gasteiger partial charge on any atom is -0.306 e. The third-order valence-electron chi connectivity index (χ3n) is 2.60. The van der Waals surface area contributed by atoms with Crippen molar-refractivity contribution in [3.63, 3.8) is 0 Å².